The second-order valence-corrected chi connectivity index (χ2v) is 20.8. The van der Waals surface area contributed by atoms with Gasteiger partial charge in [0.2, 0.25) is 5.78 Å². The summed E-state index contributed by atoms with van der Waals surface area (Å²) in [6.45, 7) is 21.4. The Bertz CT molecular complexity index is 2260. The van der Waals surface area contributed by atoms with E-state index in [0.717, 1.165) is 42.4 Å². The molecule has 0 spiro atoms. The molecule has 3 aromatic carbocycles. The Morgan fingerprint density at radius 1 is 0.823 bits per heavy atom. The molecule has 3 fully saturated rings. The average Bonchev–Trinajstić information content (AvgIpc) is 3.25. The number of Topliss-reactive ketones (excluding diaryl/α,β-unsaturated/α-hetero) is 5. The number of rotatable bonds is 15. The van der Waals surface area contributed by atoms with Crippen LogP contribution in [-0.2, 0) is 19.2 Å². The van der Waals surface area contributed by atoms with Gasteiger partial charge < -0.3 is 5.11 Å². The van der Waals surface area contributed by atoms with E-state index in [1.54, 1.807) is 6.92 Å². The molecule has 0 aromatic heterocycles. The summed E-state index contributed by atoms with van der Waals surface area (Å²) < 4.78 is 0. The molecule has 2 unspecified atom stereocenters. The molecule has 0 saturated heterocycles. The number of aliphatic hydroxyl groups excluding tert-OH is 1. The highest BCUT2D eigenvalue weighted by molar-refractivity contribution is 6.39. The normalized spacial score (nSPS) is 33.7. The monoisotopic (exact) mass is 837 g/mol. The third-order valence-electron chi connectivity index (χ3n) is 17.8. The average molecular weight is 837 g/mol. The van der Waals surface area contributed by atoms with Crippen molar-refractivity contribution in [1.82, 2.24) is 0 Å². The van der Waals surface area contributed by atoms with E-state index in [4.69, 9.17) is 0 Å². The summed E-state index contributed by atoms with van der Waals surface area (Å²) in [5.74, 6) is -3.07. The van der Waals surface area contributed by atoms with Crippen molar-refractivity contribution in [2.24, 2.45) is 57.2 Å². The van der Waals surface area contributed by atoms with Crippen LogP contribution in [0.4, 0.5) is 0 Å². The quantitative estimate of drug-likeness (QED) is 0.0928. The number of carbonyl (C=O) groups excluding carboxylic acids is 5. The molecule has 7 rings (SSSR count). The molecule has 1 N–H and O–H groups in total. The highest BCUT2D eigenvalue weighted by atomic mass is 16.3. The Morgan fingerprint density at radius 3 is 1.95 bits per heavy atom. The first kappa shape index (κ1) is 45.5. The Hall–Kier alpha value is -4.55. The second kappa shape index (κ2) is 17.2. The fraction of sp³-hybridized carbons (Fsp3) is 0.518. The molecular weight excluding hydrogens is 769 g/mol. The van der Waals surface area contributed by atoms with Crippen molar-refractivity contribution in [3.05, 3.63) is 131 Å². The van der Waals surface area contributed by atoms with Gasteiger partial charge in [-0.25, -0.2) is 0 Å². The standard InChI is InChI=1S/C56H68O6/c1-34(2)32-56-26-25-43(56)27-35(3)54(8)52(62)45(28-36(4)57)50-37(5)42(33-53(7,38(50)6)49(55(54,56)9)31-47(59)41-23-17-12-18-24-41)29-48(60)51(61)44(39-19-13-10-14-20-39)30-46(58)40-21-15-11-16-22-40/h10-24,35,38,42-46,49,58H,1,25-33H2,2-9H3/t35-,38-,42?,43+,44-,45+,46?,49+,53+,54-,55-,56-/m0/s1. The van der Waals surface area contributed by atoms with Crippen molar-refractivity contribution < 1.29 is 29.1 Å². The maximum absolute atomic E-state index is 16.2. The van der Waals surface area contributed by atoms with Crippen molar-refractivity contribution >= 4 is 28.9 Å². The van der Waals surface area contributed by atoms with Gasteiger partial charge in [-0.15, -0.1) is 6.58 Å². The lowest BCUT2D eigenvalue weighted by molar-refractivity contribution is -0.264. The van der Waals surface area contributed by atoms with Gasteiger partial charge in [0.15, 0.2) is 11.6 Å². The largest absolute Gasteiger partial charge is 0.388 e. The van der Waals surface area contributed by atoms with E-state index in [9.17, 15) is 24.3 Å². The van der Waals surface area contributed by atoms with Gasteiger partial charge in [-0.05, 0) is 116 Å². The van der Waals surface area contributed by atoms with Gasteiger partial charge in [0.05, 0.1) is 12.0 Å². The fourth-order valence-electron chi connectivity index (χ4n) is 14.3. The summed E-state index contributed by atoms with van der Waals surface area (Å²) in [7, 11) is 0. The van der Waals surface area contributed by atoms with E-state index < -0.39 is 51.7 Å². The van der Waals surface area contributed by atoms with Gasteiger partial charge in [-0.2, -0.15) is 0 Å². The molecule has 3 saturated carbocycles. The number of ketones is 5. The number of hydrogen-bond acceptors (Lipinski definition) is 6. The minimum Gasteiger partial charge on any atom is -0.388 e. The number of carbonyl (C=O) groups is 5. The Balaban J connectivity index is 1.39. The molecule has 4 aliphatic carbocycles. The number of hydrogen-bond donors (Lipinski definition) is 1. The van der Waals surface area contributed by atoms with Crippen LogP contribution in [0.5, 0.6) is 0 Å². The zero-order chi connectivity index (χ0) is 44.9. The first-order chi connectivity index (χ1) is 29.3. The second-order valence-electron chi connectivity index (χ2n) is 20.8. The van der Waals surface area contributed by atoms with Gasteiger partial charge in [0, 0.05) is 36.2 Å². The summed E-state index contributed by atoms with van der Waals surface area (Å²) in [5.41, 5.74) is 2.43. The number of fused-ring (bicyclic) bond motifs is 5. The summed E-state index contributed by atoms with van der Waals surface area (Å²) >= 11 is 0. The Kier molecular flexibility index (Phi) is 12.6. The topological polar surface area (TPSA) is 106 Å². The van der Waals surface area contributed by atoms with Crippen molar-refractivity contribution in [2.75, 3.05) is 0 Å². The van der Waals surface area contributed by atoms with Crippen LogP contribution in [0.1, 0.15) is 147 Å². The van der Waals surface area contributed by atoms with Crippen LogP contribution >= 0.6 is 0 Å². The van der Waals surface area contributed by atoms with Crippen LogP contribution in [-0.4, -0.2) is 34.0 Å². The zero-order valence-electron chi connectivity index (χ0n) is 38.3. The van der Waals surface area contributed by atoms with Crippen LogP contribution in [0.25, 0.3) is 0 Å². The molecule has 0 radical (unpaired) electrons. The van der Waals surface area contributed by atoms with Crippen LogP contribution in [0.3, 0.4) is 0 Å². The predicted octanol–water partition coefficient (Wildman–Crippen LogP) is 11.9. The fourth-order valence-corrected chi connectivity index (χ4v) is 14.3. The molecule has 0 aliphatic heterocycles. The van der Waals surface area contributed by atoms with Gasteiger partial charge >= 0.3 is 0 Å². The molecule has 0 heterocycles. The van der Waals surface area contributed by atoms with Crippen molar-refractivity contribution in [3.63, 3.8) is 0 Å². The highest BCUT2D eigenvalue weighted by Crippen LogP contribution is 2.80. The first-order valence-electron chi connectivity index (χ1n) is 23.1. The molecule has 62 heavy (non-hydrogen) atoms. The van der Waals surface area contributed by atoms with E-state index >= 15 is 4.79 Å². The van der Waals surface area contributed by atoms with Crippen molar-refractivity contribution in [3.8, 4) is 0 Å². The van der Waals surface area contributed by atoms with Crippen molar-refractivity contribution in [1.29, 1.82) is 0 Å². The molecule has 4 aliphatic rings. The molecule has 2 bridgehead atoms. The zero-order valence-corrected chi connectivity index (χ0v) is 38.3. The smallest absolute Gasteiger partial charge is 0.205 e. The van der Waals surface area contributed by atoms with E-state index in [-0.39, 0.29) is 66.2 Å². The van der Waals surface area contributed by atoms with Crippen molar-refractivity contribution in [2.45, 2.75) is 125 Å². The lowest BCUT2D eigenvalue weighted by atomic mass is 9.27. The molecule has 12 atom stereocenters. The van der Waals surface area contributed by atoms with Gasteiger partial charge in [0.25, 0.3) is 0 Å². The number of benzene rings is 3. The van der Waals surface area contributed by atoms with Gasteiger partial charge in [0.1, 0.15) is 11.6 Å². The van der Waals surface area contributed by atoms with Crippen LogP contribution in [0.2, 0.25) is 0 Å². The molecule has 328 valence electrons. The molecule has 6 heteroatoms. The Morgan fingerprint density at radius 2 is 1.40 bits per heavy atom. The van der Waals surface area contributed by atoms with Crippen LogP contribution in [0.15, 0.2) is 114 Å². The maximum atomic E-state index is 16.2. The summed E-state index contributed by atoms with van der Waals surface area (Å²) in [6, 6.07) is 27.9. The third-order valence-corrected chi connectivity index (χ3v) is 17.8. The molecule has 3 aromatic rings. The number of aliphatic hydroxyl groups is 1. The summed E-state index contributed by atoms with van der Waals surface area (Å²) in [5, 5.41) is 11.4. The lowest BCUT2D eigenvalue weighted by Gasteiger charge is -2.76. The van der Waals surface area contributed by atoms with E-state index in [1.807, 2.05) is 97.9 Å². The van der Waals surface area contributed by atoms with E-state index in [1.165, 1.54) is 0 Å². The minimum absolute atomic E-state index is 0.00197. The summed E-state index contributed by atoms with van der Waals surface area (Å²) in [6.07, 6.45) is 3.54. The van der Waals surface area contributed by atoms with E-state index in [0.29, 0.717) is 29.0 Å². The molecule has 6 nitrogen and oxygen atoms in total. The SMILES string of the molecule is C=C(C)C[C@@]12CC[C@@H]1C[C@H](C)[C@@]1(C)C(=O)[C@H](CC(C)=O)C3=C(C)C(CC(=O)C(=O)[C@@H](CC(O)c4ccccc4)c4ccccc4)C[C@@](C)([C@@H](CC(=O)c4ccccc4)[C@]21C)[C@H]3C. The maximum Gasteiger partial charge on any atom is 0.205 e. The Labute approximate surface area is 370 Å². The van der Waals surface area contributed by atoms with Gasteiger partial charge in [-0.1, -0.05) is 142 Å². The molecule has 0 amide bonds. The highest BCUT2D eigenvalue weighted by Gasteiger charge is 2.76. The van der Waals surface area contributed by atoms with Gasteiger partial charge in [-0.3, -0.25) is 24.0 Å². The first-order valence-corrected chi connectivity index (χ1v) is 23.1. The summed E-state index contributed by atoms with van der Waals surface area (Å²) in [4.78, 5) is 73.9. The van der Waals surface area contributed by atoms with Crippen LogP contribution in [0, 0.1) is 57.2 Å². The lowest BCUT2D eigenvalue weighted by Crippen LogP contribution is -2.73. The molecular formula is C56H68O6. The van der Waals surface area contributed by atoms with Crippen LogP contribution < -0.4 is 0 Å². The minimum atomic E-state index is -0.959. The predicted molar refractivity (Wildman–Crippen MR) is 245 cm³/mol. The van der Waals surface area contributed by atoms with E-state index in [2.05, 4.69) is 48.1 Å². The number of allylic oxidation sites excluding steroid dienone is 3. The third kappa shape index (κ3) is 7.36.